The molecule has 0 saturated heterocycles. The minimum absolute atomic E-state index is 0.217. The predicted octanol–water partition coefficient (Wildman–Crippen LogP) is 3.04. The maximum absolute atomic E-state index is 10.7. The Morgan fingerprint density at radius 1 is 1.20 bits per heavy atom. The summed E-state index contributed by atoms with van der Waals surface area (Å²) in [6.45, 7) is 0.362. The van der Waals surface area contributed by atoms with Crippen LogP contribution < -0.4 is 4.74 Å². The van der Waals surface area contributed by atoms with Crippen molar-refractivity contribution in [2.75, 3.05) is 0 Å². The summed E-state index contributed by atoms with van der Waals surface area (Å²) in [5.74, 6) is -0.879. The number of ether oxygens (including phenoxy) is 1. The summed E-state index contributed by atoms with van der Waals surface area (Å²) in [5.41, 5.74) is 1.22. The fraction of sp³-hybridized carbons (Fsp3) is 0.133. The monoisotopic (exact) mass is 292 g/mol. The van der Waals surface area contributed by atoms with Gasteiger partial charge in [0.2, 0.25) is 0 Å². The van der Waals surface area contributed by atoms with Gasteiger partial charge < -0.3 is 14.9 Å². The van der Waals surface area contributed by atoms with Gasteiger partial charge in [-0.2, -0.15) is 0 Å². The van der Waals surface area contributed by atoms with Gasteiger partial charge in [-0.1, -0.05) is 48.0 Å². The highest BCUT2D eigenvalue weighted by atomic mass is 35.5. The zero-order valence-electron chi connectivity index (χ0n) is 10.5. The van der Waals surface area contributed by atoms with Crippen LogP contribution in [0.1, 0.15) is 17.2 Å². The van der Waals surface area contributed by atoms with Gasteiger partial charge in [-0.05, 0) is 23.3 Å². The Balaban J connectivity index is 2.08. The van der Waals surface area contributed by atoms with Crippen molar-refractivity contribution in [3.63, 3.8) is 0 Å². The molecule has 0 saturated carbocycles. The van der Waals surface area contributed by atoms with E-state index in [-0.39, 0.29) is 10.6 Å². The number of carboxylic acid groups (broad SMARTS) is 1. The van der Waals surface area contributed by atoms with Crippen molar-refractivity contribution < 1.29 is 19.7 Å². The molecule has 2 rings (SSSR count). The molecular weight excluding hydrogens is 280 g/mol. The first-order valence-corrected chi connectivity index (χ1v) is 6.33. The van der Waals surface area contributed by atoms with Crippen molar-refractivity contribution in [1.29, 1.82) is 0 Å². The van der Waals surface area contributed by atoms with Crippen LogP contribution in [0.25, 0.3) is 0 Å². The van der Waals surface area contributed by atoms with Crippen molar-refractivity contribution in [3.8, 4) is 5.75 Å². The van der Waals surface area contributed by atoms with E-state index in [0.717, 1.165) is 5.56 Å². The number of hydrogen-bond donors (Lipinski definition) is 2. The van der Waals surface area contributed by atoms with Gasteiger partial charge in [0.05, 0.1) is 5.02 Å². The fourth-order valence-electron chi connectivity index (χ4n) is 1.68. The molecule has 0 radical (unpaired) electrons. The molecule has 0 aliphatic carbocycles. The van der Waals surface area contributed by atoms with Gasteiger partial charge in [0.1, 0.15) is 12.4 Å². The molecular formula is C15H13ClO4. The first-order valence-electron chi connectivity index (χ1n) is 5.95. The smallest absolute Gasteiger partial charge is 0.337 e. The van der Waals surface area contributed by atoms with E-state index in [1.54, 1.807) is 6.07 Å². The first-order chi connectivity index (χ1) is 9.58. The molecule has 0 aromatic heterocycles. The van der Waals surface area contributed by atoms with E-state index in [1.807, 2.05) is 30.3 Å². The van der Waals surface area contributed by atoms with Crippen LogP contribution in [0.15, 0.2) is 48.5 Å². The van der Waals surface area contributed by atoms with Crippen LogP contribution in [0.5, 0.6) is 5.75 Å². The predicted molar refractivity (Wildman–Crippen MR) is 74.8 cm³/mol. The SMILES string of the molecule is O=C(O)C(O)c1ccc(OCc2ccccc2)c(Cl)c1. The molecule has 2 aromatic carbocycles. The number of rotatable bonds is 5. The van der Waals surface area contributed by atoms with Crippen LogP contribution in [0.3, 0.4) is 0 Å². The molecule has 0 aliphatic heterocycles. The quantitative estimate of drug-likeness (QED) is 0.889. The summed E-state index contributed by atoms with van der Waals surface area (Å²) in [7, 11) is 0. The number of carbonyl (C=O) groups is 1. The first kappa shape index (κ1) is 14.4. The molecule has 1 unspecified atom stereocenters. The second-order valence-corrected chi connectivity index (χ2v) is 4.61. The summed E-state index contributed by atoms with van der Waals surface area (Å²) in [5, 5.41) is 18.4. The Labute approximate surface area is 121 Å². The molecule has 0 heterocycles. The van der Waals surface area contributed by atoms with Crippen LogP contribution in [0.2, 0.25) is 5.02 Å². The molecule has 5 heteroatoms. The molecule has 0 spiro atoms. The Bertz CT molecular complexity index is 598. The van der Waals surface area contributed by atoms with Crippen molar-refractivity contribution in [1.82, 2.24) is 0 Å². The van der Waals surface area contributed by atoms with Crippen LogP contribution in [0.4, 0.5) is 0 Å². The van der Waals surface area contributed by atoms with Crippen molar-refractivity contribution in [2.24, 2.45) is 0 Å². The number of carboxylic acids is 1. The average Bonchev–Trinajstić information content (AvgIpc) is 2.46. The lowest BCUT2D eigenvalue weighted by atomic mass is 10.1. The molecule has 4 nitrogen and oxygen atoms in total. The van der Waals surface area contributed by atoms with Gasteiger partial charge in [-0.25, -0.2) is 4.79 Å². The van der Waals surface area contributed by atoms with Gasteiger partial charge in [0.15, 0.2) is 6.10 Å². The largest absolute Gasteiger partial charge is 0.487 e. The van der Waals surface area contributed by atoms with E-state index in [9.17, 15) is 9.90 Å². The van der Waals surface area contributed by atoms with E-state index in [2.05, 4.69) is 0 Å². The van der Waals surface area contributed by atoms with Crippen LogP contribution in [-0.4, -0.2) is 16.2 Å². The fourth-order valence-corrected chi connectivity index (χ4v) is 1.93. The second kappa shape index (κ2) is 6.41. The standard InChI is InChI=1S/C15H13ClO4/c16-12-8-11(14(17)15(18)19)6-7-13(12)20-9-10-4-2-1-3-5-10/h1-8,14,17H,9H2,(H,18,19). The number of hydrogen-bond acceptors (Lipinski definition) is 3. The van der Waals surface area contributed by atoms with E-state index < -0.39 is 12.1 Å². The van der Waals surface area contributed by atoms with Gasteiger partial charge in [-0.3, -0.25) is 0 Å². The third-order valence-corrected chi connectivity index (χ3v) is 3.04. The van der Waals surface area contributed by atoms with E-state index >= 15 is 0 Å². The Hall–Kier alpha value is -2.04. The highest BCUT2D eigenvalue weighted by Crippen LogP contribution is 2.28. The molecule has 0 bridgehead atoms. The topological polar surface area (TPSA) is 66.8 Å². The third-order valence-electron chi connectivity index (χ3n) is 2.74. The molecule has 0 aliphatic rings. The maximum atomic E-state index is 10.7. The minimum atomic E-state index is -1.59. The van der Waals surface area contributed by atoms with Gasteiger partial charge in [0, 0.05) is 0 Å². The van der Waals surface area contributed by atoms with Gasteiger partial charge in [-0.15, -0.1) is 0 Å². The summed E-state index contributed by atoms with van der Waals surface area (Å²) in [6.07, 6.45) is -1.59. The Morgan fingerprint density at radius 2 is 1.90 bits per heavy atom. The normalized spacial score (nSPS) is 11.9. The minimum Gasteiger partial charge on any atom is -0.487 e. The average molecular weight is 293 g/mol. The lowest BCUT2D eigenvalue weighted by molar-refractivity contribution is -0.146. The van der Waals surface area contributed by atoms with Crippen LogP contribution in [0, 0.1) is 0 Å². The molecule has 0 amide bonds. The van der Waals surface area contributed by atoms with Gasteiger partial charge in [0.25, 0.3) is 0 Å². The number of aliphatic carboxylic acids is 1. The highest BCUT2D eigenvalue weighted by molar-refractivity contribution is 6.32. The zero-order chi connectivity index (χ0) is 14.5. The number of aliphatic hydroxyl groups excluding tert-OH is 1. The van der Waals surface area contributed by atoms with Crippen molar-refractivity contribution >= 4 is 17.6 Å². The lowest BCUT2D eigenvalue weighted by Crippen LogP contribution is -2.10. The Kier molecular flexibility index (Phi) is 4.61. The summed E-state index contributed by atoms with van der Waals surface area (Å²) < 4.78 is 5.56. The van der Waals surface area contributed by atoms with Gasteiger partial charge >= 0.3 is 5.97 Å². The number of aliphatic hydroxyl groups is 1. The summed E-state index contributed by atoms with van der Waals surface area (Å²) >= 11 is 6.02. The van der Waals surface area contributed by atoms with E-state index in [4.69, 9.17) is 21.4 Å². The molecule has 2 aromatic rings. The molecule has 1 atom stereocenters. The molecule has 20 heavy (non-hydrogen) atoms. The van der Waals surface area contributed by atoms with E-state index in [0.29, 0.717) is 12.4 Å². The Morgan fingerprint density at radius 3 is 2.50 bits per heavy atom. The third kappa shape index (κ3) is 3.50. The number of halogens is 1. The number of benzene rings is 2. The van der Waals surface area contributed by atoms with Crippen molar-refractivity contribution in [2.45, 2.75) is 12.7 Å². The zero-order valence-corrected chi connectivity index (χ0v) is 11.2. The molecule has 104 valence electrons. The lowest BCUT2D eigenvalue weighted by Gasteiger charge is -2.11. The van der Waals surface area contributed by atoms with E-state index in [1.165, 1.54) is 12.1 Å². The van der Waals surface area contributed by atoms with Crippen LogP contribution in [-0.2, 0) is 11.4 Å². The van der Waals surface area contributed by atoms with Crippen LogP contribution >= 0.6 is 11.6 Å². The molecule has 2 N–H and O–H groups in total. The maximum Gasteiger partial charge on any atom is 0.337 e. The molecule has 0 fully saturated rings. The highest BCUT2D eigenvalue weighted by Gasteiger charge is 2.17. The summed E-state index contributed by atoms with van der Waals surface area (Å²) in [6, 6.07) is 14.0. The van der Waals surface area contributed by atoms with Crippen molar-refractivity contribution in [3.05, 3.63) is 64.7 Å². The summed E-state index contributed by atoms with van der Waals surface area (Å²) in [4.78, 5) is 10.7. The second-order valence-electron chi connectivity index (χ2n) is 4.20.